The molecule has 0 unspecified atom stereocenters. The number of methoxy groups -OCH3 is 3. The number of aromatic nitrogens is 1. The number of benzene rings is 2. The number of allylic oxidation sites excluding steroid dienone is 1. The maximum atomic E-state index is 13.7. The largest absolute Gasteiger partial charge is 0.493 e. The van der Waals surface area contributed by atoms with E-state index in [2.05, 4.69) is 36.6 Å². The van der Waals surface area contributed by atoms with Gasteiger partial charge in [-0.15, -0.1) is 0 Å². The Labute approximate surface area is 230 Å². The van der Waals surface area contributed by atoms with Gasteiger partial charge in [0.05, 0.1) is 32.5 Å². The lowest BCUT2D eigenvalue weighted by Crippen LogP contribution is -2.27. The highest BCUT2D eigenvalue weighted by atomic mass is 16.5. The van der Waals surface area contributed by atoms with E-state index in [0.29, 0.717) is 41.3 Å². The highest BCUT2D eigenvalue weighted by Crippen LogP contribution is 2.34. The maximum absolute atomic E-state index is 13.7. The molecule has 39 heavy (non-hydrogen) atoms. The molecular weight excluding hydrogens is 492 g/mol. The standard InChI is InChI=1S/C32H36N2O5/c1-19-9-10-20(2)27(15-19)34-21(3)16-25(22(34)4)18-26-30(32(36)39-8)23(5)33(31(26)35)14-13-24-11-12-28(37-6)29(17-24)38-7/h9-12,15-18H,13-14H2,1-8H3/b26-18-. The molecule has 0 fully saturated rings. The van der Waals surface area contributed by atoms with Gasteiger partial charge in [0.1, 0.15) is 0 Å². The first-order valence-corrected chi connectivity index (χ1v) is 12.9. The molecule has 4 rings (SSSR count). The van der Waals surface area contributed by atoms with Crippen molar-refractivity contribution in [1.82, 2.24) is 9.47 Å². The highest BCUT2D eigenvalue weighted by Gasteiger charge is 2.37. The summed E-state index contributed by atoms with van der Waals surface area (Å²) < 4.78 is 18.0. The molecule has 1 amide bonds. The number of nitrogens with zero attached hydrogens (tertiary/aromatic N) is 2. The minimum atomic E-state index is -0.524. The van der Waals surface area contributed by atoms with Crippen molar-refractivity contribution in [1.29, 1.82) is 0 Å². The van der Waals surface area contributed by atoms with Gasteiger partial charge >= 0.3 is 5.97 Å². The number of hydrogen-bond acceptors (Lipinski definition) is 5. The molecule has 0 saturated carbocycles. The molecule has 1 aliphatic rings. The second-order valence-electron chi connectivity index (χ2n) is 9.86. The predicted octanol–water partition coefficient (Wildman–Crippen LogP) is 5.64. The molecule has 0 aliphatic carbocycles. The van der Waals surface area contributed by atoms with Gasteiger partial charge in [-0.25, -0.2) is 4.79 Å². The summed E-state index contributed by atoms with van der Waals surface area (Å²) in [6.45, 7) is 10.4. The monoisotopic (exact) mass is 528 g/mol. The molecule has 3 aromatic rings. The van der Waals surface area contributed by atoms with E-state index < -0.39 is 5.97 Å². The number of rotatable bonds is 8. The lowest BCUT2D eigenvalue weighted by molar-refractivity contribution is -0.136. The molecule has 1 aliphatic heterocycles. The number of esters is 1. The maximum Gasteiger partial charge on any atom is 0.340 e. The second kappa shape index (κ2) is 11.2. The normalized spacial score (nSPS) is 14.4. The van der Waals surface area contributed by atoms with Gasteiger partial charge in [0, 0.05) is 29.3 Å². The predicted molar refractivity (Wildman–Crippen MR) is 152 cm³/mol. The molecule has 1 aromatic heterocycles. The molecular formula is C32H36N2O5. The Morgan fingerprint density at radius 2 is 1.62 bits per heavy atom. The molecule has 204 valence electrons. The topological polar surface area (TPSA) is 70.0 Å². The summed E-state index contributed by atoms with van der Waals surface area (Å²) in [4.78, 5) is 28.2. The fourth-order valence-electron chi connectivity index (χ4n) is 5.19. The zero-order valence-corrected chi connectivity index (χ0v) is 24.0. The van der Waals surface area contributed by atoms with Crippen molar-refractivity contribution in [2.75, 3.05) is 27.9 Å². The van der Waals surface area contributed by atoms with Crippen LogP contribution in [0, 0.1) is 27.7 Å². The van der Waals surface area contributed by atoms with Crippen LogP contribution in [0.15, 0.2) is 59.3 Å². The van der Waals surface area contributed by atoms with Crippen LogP contribution in [0.1, 0.15) is 40.6 Å². The molecule has 2 aromatic carbocycles. The van der Waals surface area contributed by atoms with Crippen LogP contribution in [0.2, 0.25) is 0 Å². The Balaban J connectivity index is 1.70. The molecule has 0 radical (unpaired) electrons. The molecule has 0 N–H and O–H groups in total. The molecule has 0 atom stereocenters. The zero-order chi connectivity index (χ0) is 28.4. The molecule has 7 heteroatoms. The van der Waals surface area contributed by atoms with Gasteiger partial charge in [0.25, 0.3) is 5.91 Å². The van der Waals surface area contributed by atoms with Crippen molar-refractivity contribution in [2.24, 2.45) is 0 Å². The average molecular weight is 529 g/mol. The van der Waals surface area contributed by atoms with Crippen molar-refractivity contribution in [3.05, 3.63) is 92.9 Å². The molecule has 7 nitrogen and oxygen atoms in total. The van der Waals surface area contributed by atoms with Crippen molar-refractivity contribution in [2.45, 2.75) is 41.0 Å². The number of amides is 1. The summed E-state index contributed by atoms with van der Waals surface area (Å²) in [5, 5.41) is 0. The highest BCUT2D eigenvalue weighted by molar-refractivity contribution is 6.16. The smallest absolute Gasteiger partial charge is 0.340 e. The molecule has 0 bridgehead atoms. The minimum absolute atomic E-state index is 0.218. The van der Waals surface area contributed by atoms with Crippen molar-refractivity contribution in [3.8, 4) is 17.2 Å². The zero-order valence-electron chi connectivity index (χ0n) is 24.0. The van der Waals surface area contributed by atoms with Crippen LogP contribution in [0.25, 0.3) is 11.8 Å². The number of hydrogen-bond donors (Lipinski definition) is 0. The Kier molecular flexibility index (Phi) is 8.00. The van der Waals surface area contributed by atoms with Crippen LogP contribution >= 0.6 is 0 Å². The van der Waals surface area contributed by atoms with Gasteiger partial charge in [-0.3, -0.25) is 4.79 Å². The first-order valence-electron chi connectivity index (χ1n) is 12.9. The summed E-state index contributed by atoms with van der Waals surface area (Å²) in [6, 6.07) is 14.1. The van der Waals surface area contributed by atoms with Crippen LogP contribution in [-0.4, -0.2) is 49.2 Å². The lowest BCUT2D eigenvalue weighted by atomic mass is 10.0. The Hall–Kier alpha value is -4.26. The van der Waals surface area contributed by atoms with Crippen LogP contribution in [0.4, 0.5) is 0 Å². The SMILES string of the molecule is COC(=O)C1=C(C)N(CCc2ccc(OC)c(OC)c2)C(=O)/C1=C\c1cc(C)n(-c2cc(C)ccc2C)c1C. The third-order valence-electron chi connectivity index (χ3n) is 7.35. The van der Waals surface area contributed by atoms with Gasteiger partial charge < -0.3 is 23.7 Å². The van der Waals surface area contributed by atoms with E-state index in [1.54, 1.807) is 26.0 Å². The summed E-state index contributed by atoms with van der Waals surface area (Å²) >= 11 is 0. The summed E-state index contributed by atoms with van der Waals surface area (Å²) in [7, 11) is 4.52. The first-order chi connectivity index (χ1) is 18.6. The molecule has 2 heterocycles. The van der Waals surface area contributed by atoms with E-state index in [-0.39, 0.29) is 5.91 Å². The number of carbonyl (C=O) groups is 2. The Morgan fingerprint density at radius 3 is 2.28 bits per heavy atom. The number of aryl methyl sites for hydroxylation is 3. The van der Waals surface area contributed by atoms with Gasteiger partial charge in [-0.2, -0.15) is 0 Å². The summed E-state index contributed by atoms with van der Waals surface area (Å²) in [6.07, 6.45) is 2.39. The Bertz CT molecular complexity index is 1510. The number of ether oxygens (including phenoxy) is 3. The van der Waals surface area contributed by atoms with E-state index in [9.17, 15) is 9.59 Å². The van der Waals surface area contributed by atoms with E-state index >= 15 is 0 Å². The fraction of sp³-hybridized carbons (Fsp3) is 0.312. The first kappa shape index (κ1) is 27.8. The van der Waals surface area contributed by atoms with Crippen LogP contribution in [0.3, 0.4) is 0 Å². The molecule has 0 saturated heterocycles. The third-order valence-corrected chi connectivity index (χ3v) is 7.35. The number of carbonyl (C=O) groups excluding carboxylic acids is 2. The van der Waals surface area contributed by atoms with Gasteiger partial charge in [0.15, 0.2) is 11.5 Å². The van der Waals surface area contributed by atoms with E-state index in [1.165, 1.54) is 12.7 Å². The summed E-state index contributed by atoms with van der Waals surface area (Å²) in [5.41, 5.74) is 8.56. The quantitative estimate of drug-likeness (QED) is 0.279. The van der Waals surface area contributed by atoms with Crippen molar-refractivity contribution < 1.29 is 23.8 Å². The van der Waals surface area contributed by atoms with Crippen molar-refractivity contribution >= 4 is 18.0 Å². The van der Waals surface area contributed by atoms with E-state index in [4.69, 9.17) is 14.2 Å². The van der Waals surface area contributed by atoms with Gasteiger partial charge in [-0.05, 0) is 93.6 Å². The molecule has 0 spiro atoms. The Morgan fingerprint density at radius 1 is 0.897 bits per heavy atom. The third kappa shape index (κ3) is 5.21. The van der Waals surface area contributed by atoms with Crippen LogP contribution < -0.4 is 9.47 Å². The van der Waals surface area contributed by atoms with Crippen molar-refractivity contribution in [3.63, 3.8) is 0 Å². The second-order valence-corrected chi connectivity index (χ2v) is 9.86. The summed E-state index contributed by atoms with van der Waals surface area (Å²) in [5.74, 6) is 0.533. The van der Waals surface area contributed by atoms with E-state index in [0.717, 1.165) is 33.8 Å². The van der Waals surface area contributed by atoms with Gasteiger partial charge in [-0.1, -0.05) is 18.2 Å². The van der Waals surface area contributed by atoms with Crippen LogP contribution in [-0.2, 0) is 20.7 Å². The average Bonchev–Trinajstić information content (AvgIpc) is 3.33. The van der Waals surface area contributed by atoms with E-state index in [1.807, 2.05) is 44.2 Å². The fourth-order valence-corrected chi connectivity index (χ4v) is 5.19. The minimum Gasteiger partial charge on any atom is -0.493 e. The van der Waals surface area contributed by atoms with Crippen LogP contribution in [0.5, 0.6) is 11.5 Å². The lowest BCUT2D eigenvalue weighted by Gasteiger charge is -2.18. The van der Waals surface area contributed by atoms with Gasteiger partial charge in [0.2, 0.25) is 0 Å².